The van der Waals surface area contributed by atoms with Gasteiger partial charge in [0.05, 0.1) is 12.2 Å². The molecule has 120 valence electrons. The number of amidine groups is 1. The zero-order valence-electron chi connectivity index (χ0n) is 13.8. The molecular formula is C20H19N3S. The topological polar surface area (TPSA) is 36.4 Å². The van der Waals surface area contributed by atoms with Crippen LogP contribution in [0.25, 0.3) is 0 Å². The van der Waals surface area contributed by atoms with Gasteiger partial charge in [0, 0.05) is 28.7 Å². The van der Waals surface area contributed by atoms with E-state index in [1.54, 1.807) is 11.3 Å². The zero-order valence-corrected chi connectivity index (χ0v) is 14.6. The van der Waals surface area contributed by atoms with Gasteiger partial charge in [-0.25, -0.2) is 0 Å². The van der Waals surface area contributed by atoms with Crippen molar-refractivity contribution >= 4 is 22.9 Å². The number of nitrogens with one attached hydrogen (secondary N) is 2. The first-order chi connectivity index (χ1) is 11.8. The highest BCUT2D eigenvalue weighted by Crippen LogP contribution is 2.15. The fourth-order valence-electron chi connectivity index (χ4n) is 2.30. The molecule has 1 aliphatic heterocycles. The van der Waals surface area contributed by atoms with Gasteiger partial charge in [0.2, 0.25) is 0 Å². The SMILES string of the molecule is C/C=C1/C=C(C#Cc2ccc(NC)cc2)N/C1=N/Cc1cccs1. The summed E-state index contributed by atoms with van der Waals surface area (Å²) in [6.45, 7) is 2.71. The van der Waals surface area contributed by atoms with Gasteiger partial charge in [-0.05, 0) is 54.6 Å². The monoisotopic (exact) mass is 333 g/mol. The van der Waals surface area contributed by atoms with E-state index in [1.807, 2.05) is 50.4 Å². The molecular weight excluding hydrogens is 314 g/mol. The molecule has 0 aliphatic carbocycles. The van der Waals surface area contributed by atoms with Gasteiger partial charge in [-0.3, -0.25) is 4.99 Å². The van der Waals surface area contributed by atoms with Gasteiger partial charge in [0.15, 0.2) is 0 Å². The van der Waals surface area contributed by atoms with Crippen LogP contribution in [0.15, 0.2) is 70.2 Å². The Balaban J connectivity index is 1.71. The minimum absolute atomic E-state index is 0.692. The van der Waals surface area contributed by atoms with E-state index in [0.29, 0.717) is 6.54 Å². The van der Waals surface area contributed by atoms with E-state index in [-0.39, 0.29) is 0 Å². The maximum Gasteiger partial charge on any atom is 0.133 e. The van der Waals surface area contributed by atoms with Crippen LogP contribution in [-0.2, 0) is 6.54 Å². The van der Waals surface area contributed by atoms with Crippen LogP contribution in [0, 0.1) is 11.8 Å². The third-order valence-electron chi connectivity index (χ3n) is 3.63. The molecule has 3 nitrogen and oxygen atoms in total. The van der Waals surface area contributed by atoms with Crippen molar-refractivity contribution in [3.05, 3.63) is 75.6 Å². The van der Waals surface area contributed by atoms with Gasteiger partial charge in [0.25, 0.3) is 0 Å². The molecule has 3 rings (SSSR count). The second kappa shape index (κ2) is 7.67. The van der Waals surface area contributed by atoms with Crippen LogP contribution in [0.2, 0.25) is 0 Å². The lowest BCUT2D eigenvalue weighted by Crippen LogP contribution is -2.17. The fourth-order valence-corrected chi connectivity index (χ4v) is 2.93. The largest absolute Gasteiger partial charge is 0.388 e. The van der Waals surface area contributed by atoms with Crippen LogP contribution in [0.3, 0.4) is 0 Å². The fraction of sp³-hybridized carbons (Fsp3) is 0.150. The Kier molecular flexibility index (Phi) is 5.15. The molecule has 1 aromatic carbocycles. The van der Waals surface area contributed by atoms with Crippen molar-refractivity contribution in [2.24, 2.45) is 4.99 Å². The van der Waals surface area contributed by atoms with Crippen molar-refractivity contribution in [1.29, 1.82) is 0 Å². The first kappa shape index (κ1) is 16.1. The summed E-state index contributed by atoms with van der Waals surface area (Å²) < 4.78 is 0. The van der Waals surface area contributed by atoms with E-state index in [2.05, 4.69) is 45.0 Å². The minimum Gasteiger partial charge on any atom is -0.388 e. The summed E-state index contributed by atoms with van der Waals surface area (Å²) in [7, 11) is 1.91. The number of benzene rings is 1. The van der Waals surface area contributed by atoms with Gasteiger partial charge in [-0.2, -0.15) is 0 Å². The molecule has 0 unspecified atom stereocenters. The standard InChI is InChI=1S/C20H19N3S/c1-3-16-13-18(11-8-15-6-9-17(21-2)10-7-15)23-20(16)22-14-19-5-4-12-24-19/h3-7,9-10,12-13,21H,14H2,1-2H3,(H,22,23)/b16-3-. The first-order valence-electron chi connectivity index (χ1n) is 7.80. The van der Waals surface area contributed by atoms with E-state index >= 15 is 0 Å². The summed E-state index contributed by atoms with van der Waals surface area (Å²) >= 11 is 1.72. The molecule has 0 saturated heterocycles. The normalized spacial score (nSPS) is 16.5. The summed E-state index contributed by atoms with van der Waals surface area (Å²) in [4.78, 5) is 5.92. The molecule has 0 bridgehead atoms. The number of hydrogen-bond donors (Lipinski definition) is 2. The number of rotatable bonds is 3. The highest BCUT2D eigenvalue weighted by Gasteiger charge is 2.13. The molecule has 1 aromatic heterocycles. The molecule has 24 heavy (non-hydrogen) atoms. The Bertz CT molecular complexity index is 845. The molecule has 0 spiro atoms. The Morgan fingerprint density at radius 3 is 2.71 bits per heavy atom. The molecule has 0 fully saturated rings. The zero-order chi connectivity index (χ0) is 16.8. The average Bonchev–Trinajstić information content (AvgIpc) is 3.28. The van der Waals surface area contributed by atoms with E-state index in [1.165, 1.54) is 4.88 Å². The van der Waals surface area contributed by atoms with E-state index in [4.69, 9.17) is 0 Å². The number of allylic oxidation sites excluding steroid dienone is 2. The van der Waals surface area contributed by atoms with Crippen molar-refractivity contribution < 1.29 is 0 Å². The van der Waals surface area contributed by atoms with Crippen LogP contribution >= 0.6 is 11.3 Å². The Morgan fingerprint density at radius 1 is 1.21 bits per heavy atom. The number of anilines is 1. The van der Waals surface area contributed by atoms with Crippen molar-refractivity contribution in [3.63, 3.8) is 0 Å². The van der Waals surface area contributed by atoms with Crippen molar-refractivity contribution in [1.82, 2.24) is 5.32 Å². The smallest absolute Gasteiger partial charge is 0.133 e. The molecule has 2 heterocycles. The summed E-state index contributed by atoms with van der Waals surface area (Å²) in [6.07, 6.45) is 4.10. The predicted octanol–water partition coefficient (Wildman–Crippen LogP) is 4.17. The van der Waals surface area contributed by atoms with Crippen molar-refractivity contribution in [2.45, 2.75) is 13.5 Å². The first-order valence-corrected chi connectivity index (χ1v) is 8.68. The maximum absolute atomic E-state index is 4.67. The summed E-state index contributed by atoms with van der Waals surface area (Å²) in [5.41, 5.74) is 4.03. The highest BCUT2D eigenvalue weighted by molar-refractivity contribution is 7.09. The van der Waals surface area contributed by atoms with Gasteiger partial charge >= 0.3 is 0 Å². The van der Waals surface area contributed by atoms with E-state index in [0.717, 1.165) is 28.4 Å². The summed E-state index contributed by atoms with van der Waals surface area (Å²) in [5, 5.41) is 8.48. The Morgan fingerprint density at radius 2 is 2.04 bits per heavy atom. The van der Waals surface area contributed by atoms with Gasteiger partial charge in [-0.1, -0.05) is 18.1 Å². The molecule has 4 heteroatoms. The highest BCUT2D eigenvalue weighted by atomic mass is 32.1. The van der Waals surface area contributed by atoms with Crippen LogP contribution < -0.4 is 10.6 Å². The third-order valence-corrected chi connectivity index (χ3v) is 4.49. The average molecular weight is 333 g/mol. The number of hydrogen-bond acceptors (Lipinski definition) is 3. The maximum atomic E-state index is 4.67. The molecule has 0 amide bonds. The Hall–Kier alpha value is -2.77. The molecule has 0 saturated carbocycles. The lowest BCUT2D eigenvalue weighted by molar-refractivity contribution is 1.07. The second-order valence-corrected chi connectivity index (χ2v) is 6.28. The minimum atomic E-state index is 0.692. The third kappa shape index (κ3) is 3.95. The molecule has 1 aliphatic rings. The molecule has 0 radical (unpaired) electrons. The van der Waals surface area contributed by atoms with Crippen molar-refractivity contribution in [2.75, 3.05) is 12.4 Å². The number of thiophene rings is 1. The second-order valence-electron chi connectivity index (χ2n) is 5.25. The molecule has 2 aromatic rings. The van der Waals surface area contributed by atoms with Gasteiger partial charge < -0.3 is 10.6 Å². The number of aliphatic imine (C=N–C) groups is 1. The lowest BCUT2D eigenvalue weighted by atomic mass is 10.2. The predicted molar refractivity (Wildman–Crippen MR) is 103 cm³/mol. The summed E-state index contributed by atoms with van der Waals surface area (Å²) in [5.74, 6) is 7.26. The Labute approximate surface area is 146 Å². The van der Waals surface area contributed by atoms with Crippen LogP contribution in [-0.4, -0.2) is 12.9 Å². The lowest BCUT2D eigenvalue weighted by Gasteiger charge is -2.01. The molecule has 2 N–H and O–H groups in total. The van der Waals surface area contributed by atoms with Crippen molar-refractivity contribution in [3.8, 4) is 11.8 Å². The quantitative estimate of drug-likeness (QED) is 0.827. The van der Waals surface area contributed by atoms with E-state index in [9.17, 15) is 0 Å². The molecule has 0 atom stereocenters. The van der Waals surface area contributed by atoms with Crippen LogP contribution in [0.5, 0.6) is 0 Å². The van der Waals surface area contributed by atoms with Crippen LogP contribution in [0.4, 0.5) is 5.69 Å². The van der Waals surface area contributed by atoms with E-state index < -0.39 is 0 Å². The van der Waals surface area contributed by atoms with Crippen LogP contribution in [0.1, 0.15) is 17.4 Å². The number of nitrogens with zero attached hydrogens (tertiary/aromatic N) is 1. The van der Waals surface area contributed by atoms with Gasteiger partial charge in [-0.15, -0.1) is 11.3 Å². The summed E-state index contributed by atoms with van der Waals surface area (Å²) in [6, 6.07) is 12.2. The van der Waals surface area contributed by atoms with Gasteiger partial charge in [0.1, 0.15) is 5.84 Å².